The maximum absolute atomic E-state index is 12.3. The minimum absolute atomic E-state index is 0.127. The second kappa shape index (κ2) is 9.34. The van der Waals surface area contributed by atoms with Crippen molar-refractivity contribution in [1.29, 1.82) is 0 Å². The Balaban J connectivity index is 1.55. The Morgan fingerprint density at radius 3 is 2.58 bits per heavy atom. The van der Waals surface area contributed by atoms with Crippen molar-refractivity contribution in [1.82, 2.24) is 15.2 Å². The smallest absolute Gasteiger partial charge is 0.253 e. The van der Waals surface area contributed by atoms with Gasteiger partial charge in [0.25, 0.3) is 5.91 Å². The van der Waals surface area contributed by atoms with Crippen molar-refractivity contribution in [3.05, 3.63) is 59.3 Å². The lowest BCUT2D eigenvalue weighted by Gasteiger charge is -2.20. The van der Waals surface area contributed by atoms with E-state index in [0.29, 0.717) is 18.0 Å². The number of nitrogens with one attached hydrogen (secondary N) is 1. The summed E-state index contributed by atoms with van der Waals surface area (Å²) in [6, 6.07) is 11.9. The molecule has 1 saturated heterocycles. The number of benzene rings is 1. The molecule has 26 heavy (non-hydrogen) atoms. The zero-order valence-corrected chi connectivity index (χ0v) is 15.4. The van der Waals surface area contributed by atoms with E-state index >= 15 is 0 Å². The van der Waals surface area contributed by atoms with E-state index in [-0.39, 0.29) is 5.91 Å². The average Bonchev–Trinajstić information content (AvgIpc) is 2.95. The zero-order chi connectivity index (χ0) is 18.2. The van der Waals surface area contributed by atoms with Gasteiger partial charge in [0, 0.05) is 25.4 Å². The van der Waals surface area contributed by atoms with Crippen molar-refractivity contribution < 1.29 is 9.53 Å². The number of carbonyl (C=O) groups is 1. The van der Waals surface area contributed by atoms with Gasteiger partial charge in [-0.15, -0.1) is 0 Å². The second-order valence-corrected chi connectivity index (χ2v) is 6.78. The Kier molecular flexibility index (Phi) is 6.61. The van der Waals surface area contributed by atoms with Crippen LogP contribution < -0.4 is 10.1 Å². The van der Waals surface area contributed by atoms with Gasteiger partial charge in [-0.1, -0.05) is 37.1 Å². The number of hydrogen-bond donors (Lipinski definition) is 1. The van der Waals surface area contributed by atoms with Gasteiger partial charge in [-0.05, 0) is 43.1 Å². The van der Waals surface area contributed by atoms with Crippen molar-refractivity contribution in [2.75, 3.05) is 20.2 Å². The number of amides is 1. The van der Waals surface area contributed by atoms with Crippen LogP contribution in [0.5, 0.6) is 5.88 Å². The van der Waals surface area contributed by atoms with Crippen LogP contribution in [-0.2, 0) is 13.1 Å². The van der Waals surface area contributed by atoms with Crippen LogP contribution in [0.25, 0.3) is 0 Å². The third-order valence-electron chi connectivity index (χ3n) is 4.76. The number of hydrogen-bond acceptors (Lipinski definition) is 4. The Morgan fingerprint density at radius 1 is 1.12 bits per heavy atom. The lowest BCUT2D eigenvalue weighted by atomic mass is 10.1. The third kappa shape index (κ3) is 5.30. The highest BCUT2D eigenvalue weighted by molar-refractivity contribution is 5.93. The normalized spacial score (nSPS) is 15.3. The highest BCUT2D eigenvalue weighted by atomic mass is 16.5. The van der Waals surface area contributed by atoms with Crippen molar-refractivity contribution >= 4 is 5.91 Å². The van der Waals surface area contributed by atoms with Crippen LogP contribution in [0.1, 0.15) is 47.2 Å². The van der Waals surface area contributed by atoms with E-state index in [0.717, 1.165) is 12.1 Å². The van der Waals surface area contributed by atoms with Crippen LogP contribution in [0.15, 0.2) is 42.6 Å². The molecule has 0 saturated carbocycles. The zero-order valence-electron chi connectivity index (χ0n) is 15.4. The molecule has 1 amide bonds. The number of rotatable bonds is 6. The van der Waals surface area contributed by atoms with Crippen LogP contribution in [0.4, 0.5) is 0 Å². The van der Waals surface area contributed by atoms with Crippen LogP contribution in [0, 0.1) is 0 Å². The summed E-state index contributed by atoms with van der Waals surface area (Å²) in [4.78, 5) is 18.9. The Hall–Kier alpha value is -2.40. The molecule has 138 valence electrons. The van der Waals surface area contributed by atoms with Crippen LogP contribution in [0.3, 0.4) is 0 Å². The first kappa shape index (κ1) is 18.4. The molecular weight excluding hydrogens is 326 g/mol. The van der Waals surface area contributed by atoms with Crippen molar-refractivity contribution in [2.45, 2.75) is 38.8 Å². The second-order valence-electron chi connectivity index (χ2n) is 6.78. The highest BCUT2D eigenvalue weighted by Gasteiger charge is 2.10. The number of pyridine rings is 1. The number of likely N-dealkylation sites (tertiary alicyclic amines) is 1. The number of ether oxygens (including phenoxy) is 1. The molecule has 1 aliphatic heterocycles. The van der Waals surface area contributed by atoms with E-state index in [2.05, 4.69) is 39.5 Å². The summed E-state index contributed by atoms with van der Waals surface area (Å²) >= 11 is 0. The quantitative estimate of drug-likeness (QED) is 0.865. The van der Waals surface area contributed by atoms with Crippen LogP contribution in [0.2, 0.25) is 0 Å². The lowest BCUT2D eigenvalue weighted by Crippen LogP contribution is -2.24. The van der Waals surface area contributed by atoms with Gasteiger partial charge in [-0.2, -0.15) is 0 Å². The fourth-order valence-electron chi connectivity index (χ4n) is 3.31. The molecule has 2 aromatic rings. The molecule has 0 spiro atoms. The van der Waals surface area contributed by atoms with Crippen molar-refractivity contribution in [3.63, 3.8) is 0 Å². The Labute approximate surface area is 155 Å². The fraction of sp³-hybridized carbons (Fsp3) is 0.429. The summed E-state index contributed by atoms with van der Waals surface area (Å²) < 4.78 is 5.01. The molecule has 2 heterocycles. The molecule has 1 N–H and O–H groups in total. The average molecular weight is 353 g/mol. The topological polar surface area (TPSA) is 54.5 Å². The molecule has 1 aromatic heterocycles. The lowest BCUT2D eigenvalue weighted by molar-refractivity contribution is 0.0950. The predicted octanol–water partition coefficient (Wildman–Crippen LogP) is 3.40. The monoisotopic (exact) mass is 353 g/mol. The summed E-state index contributed by atoms with van der Waals surface area (Å²) in [7, 11) is 1.56. The fourth-order valence-corrected chi connectivity index (χ4v) is 3.31. The predicted molar refractivity (Wildman–Crippen MR) is 102 cm³/mol. The maximum atomic E-state index is 12.3. The molecule has 1 aliphatic rings. The van der Waals surface area contributed by atoms with Gasteiger partial charge in [0.1, 0.15) is 0 Å². The van der Waals surface area contributed by atoms with Crippen LogP contribution >= 0.6 is 0 Å². The Morgan fingerprint density at radius 2 is 1.88 bits per heavy atom. The van der Waals surface area contributed by atoms with Gasteiger partial charge in [0.05, 0.1) is 12.7 Å². The van der Waals surface area contributed by atoms with E-state index in [1.54, 1.807) is 19.2 Å². The molecule has 0 bridgehead atoms. The minimum Gasteiger partial charge on any atom is -0.481 e. The van der Waals surface area contributed by atoms with Crippen molar-refractivity contribution in [3.8, 4) is 5.88 Å². The van der Waals surface area contributed by atoms with Crippen molar-refractivity contribution in [2.24, 2.45) is 0 Å². The molecule has 1 fully saturated rings. The third-order valence-corrected chi connectivity index (χ3v) is 4.76. The Bertz CT molecular complexity index is 707. The molecular formula is C21H27N3O2. The minimum atomic E-state index is -0.127. The summed E-state index contributed by atoms with van der Waals surface area (Å²) in [5.41, 5.74) is 2.96. The van der Waals surface area contributed by atoms with Gasteiger partial charge in [-0.3, -0.25) is 9.69 Å². The first-order valence-corrected chi connectivity index (χ1v) is 9.33. The van der Waals surface area contributed by atoms with E-state index in [9.17, 15) is 4.79 Å². The maximum Gasteiger partial charge on any atom is 0.253 e. The first-order valence-electron chi connectivity index (χ1n) is 9.33. The number of carbonyl (C=O) groups excluding carboxylic acids is 1. The molecule has 5 heteroatoms. The number of methoxy groups -OCH3 is 1. The molecule has 5 nitrogen and oxygen atoms in total. The van der Waals surface area contributed by atoms with Gasteiger partial charge in [-0.25, -0.2) is 4.98 Å². The number of nitrogens with zero attached hydrogens (tertiary/aromatic N) is 2. The standard InChI is InChI=1S/C21H27N3O2/c1-26-20-10-9-19(15-22-20)21(25)23-14-17-7-6-8-18(13-17)16-24-11-4-2-3-5-12-24/h6-10,13,15H,2-5,11-12,14,16H2,1H3,(H,23,25). The SMILES string of the molecule is COc1ccc(C(=O)NCc2cccc(CN3CCCCCC3)c2)cn1. The molecule has 0 radical (unpaired) electrons. The number of aromatic nitrogens is 1. The highest BCUT2D eigenvalue weighted by Crippen LogP contribution is 2.14. The molecule has 0 unspecified atom stereocenters. The van der Waals surface area contributed by atoms with E-state index < -0.39 is 0 Å². The molecule has 1 aromatic carbocycles. The van der Waals surface area contributed by atoms with Gasteiger partial charge < -0.3 is 10.1 Å². The molecule has 0 atom stereocenters. The van der Waals surface area contributed by atoms with E-state index in [4.69, 9.17) is 4.74 Å². The largest absolute Gasteiger partial charge is 0.481 e. The summed E-state index contributed by atoms with van der Waals surface area (Å²) in [5.74, 6) is 0.376. The summed E-state index contributed by atoms with van der Waals surface area (Å²) in [5, 5.41) is 2.96. The molecule has 3 rings (SSSR count). The van der Waals surface area contributed by atoms with Gasteiger partial charge >= 0.3 is 0 Å². The van der Waals surface area contributed by atoms with Gasteiger partial charge in [0.2, 0.25) is 5.88 Å². The first-order chi connectivity index (χ1) is 12.7. The van der Waals surface area contributed by atoms with E-state index in [1.165, 1.54) is 50.5 Å². The summed E-state index contributed by atoms with van der Waals surface area (Å²) in [6.07, 6.45) is 6.83. The van der Waals surface area contributed by atoms with Gasteiger partial charge in [0.15, 0.2) is 0 Å². The van der Waals surface area contributed by atoms with Crippen LogP contribution in [-0.4, -0.2) is 36.0 Å². The van der Waals surface area contributed by atoms with E-state index in [1.807, 2.05) is 0 Å². The molecule has 0 aliphatic carbocycles. The summed E-state index contributed by atoms with van der Waals surface area (Å²) in [6.45, 7) is 3.87.